The van der Waals surface area contributed by atoms with Gasteiger partial charge in [-0.2, -0.15) is 0 Å². The summed E-state index contributed by atoms with van der Waals surface area (Å²) in [6.45, 7) is 0. The number of carboxylic acids is 1. The van der Waals surface area contributed by atoms with E-state index in [9.17, 15) is 4.79 Å². The van der Waals surface area contributed by atoms with Crippen LogP contribution in [-0.4, -0.2) is 22.3 Å². The maximum Gasteiger partial charge on any atom is 0.304 e. The molecular formula is C6H10Cl2O2. The minimum atomic E-state index is -0.852. The molecule has 1 N–H and O–H groups in total. The third-order valence-corrected chi connectivity index (χ3v) is 1.69. The Morgan fingerprint density at radius 1 is 1.60 bits per heavy atom. The highest BCUT2D eigenvalue weighted by atomic mass is 35.5. The summed E-state index contributed by atoms with van der Waals surface area (Å²) in [6.07, 6.45) is 1.48. The van der Waals surface area contributed by atoms with Crippen LogP contribution in [0.25, 0.3) is 0 Å². The summed E-state index contributed by atoms with van der Waals surface area (Å²) in [6, 6.07) is 0. The molecule has 0 aromatic carbocycles. The van der Waals surface area contributed by atoms with Gasteiger partial charge in [0, 0.05) is 11.3 Å². The number of carboxylic acid groups (broad SMARTS) is 1. The Kier molecular flexibility index (Phi) is 5.84. The van der Waals surface area contributed by atoms with Gasteiger partial charge < -0.3 is 5.11 Å². The zero-order valence-electron chi connectivity index (χ0n) is 5.52. The smallest absolute Gasteiger partial charge is 0.304 e. The second-order valence-corrected chi connectivity index (χ2v) is 3.02. The molecule has 0 fully saturated rings. The summed E-state index contributed by atoms with van der Waals surface area (Å²) < 4.78 is 0. The maximum absolute atomic E-state index is 10.1. The third-order valence-electron chi connectivity index (χ3n) is 1.05. The van der Waals surface area contributed by atoms with Crippen LogP contribution in [0, 0.1) is 0 Å². The molecular weight excluding hydrogens is 175 g/mol. The molecule has 60 valence electrons. The van der Waals surface area contributed by atoms with Crippen LogP contribution in [0.2, 0.25) is 0 Å². The Morgan fingerprint density at radius 2 is 2.20 bits per heavy atom. The van der Waals surface area contributed by atoms with Gasteiger partial charge in [0.15, 0.2) is 0 Å². The van der Waals surface area contributed by atoms with Crippen molar-refractivity contribution in [1.82, 2.24) is 0 Å². The predicted octanol–water partition coefficient (Wildman–Crippen LogP) is 2.09. The van der Waals surface area contributed by atoms with Gasteiger partial charge in [0.1, 0.15) is 0 Å². The molecule has 0 spiro atoms. The second kappa shape index (κ2) is 5.81. The normalized spacial score (nSPS) is 13.0. The summed E-state index contributed by atoms with van der Waals surface area (Å²) >= 11 is 11.0. The van der Waals surface area contributed by atoms with E-state index in [2.05, 4.69) is 0 Å². The fourth-order valence-corrected chi connectivity index (χ4v) is 1.03. The van der Waals surface area contributed by atoms with Crippen molar-refractivity contribution in [3.05, 3.63) is 0 Å². The highest BCUT2D eigenvalue weighted by Crippen LogP contribution is 2.09. The first kappa shape index (κ1) is 10.0. The van der Waals surface area contributed by atoms with Gasteiger partial charge in [0.05, 0.1) is 6.42 Å². The molecule has 0 heterocycles. The van der Waals surface area contributed by atoms with Crippen LogP contribution < -0.4 is 0 Å². The van der Waals surface area contributed by atoms with E-state index in [4.69, 9.17) is 28.3 Å². The molecule has 0 aromatic rings. The monoisotopic (exact) mass is 184 g/mol. The first-order valence-corrected chi connectivity index (χ1v) is 4.05. The molecule has 0 bridgehead atoms. The zero-order chi connectivity index (χ0) is 7.98. The highest BCUT2D eigenvalue weighted by Gasteiger charge is 2.08. The first-order chi connectivity index (χ1) is 4.66. The van der Waals surface area contributed by atoms with Gasteiger partial charge in [0.2, 0.25) is 0 Å². The lowest BCUT2D eigenvalue weighted by Crippen LogP contribution is -2.06. The predicted molar refractivity (Wildman–Crippen MR) is 41.8 cm³/mol. The minimum Gasteiger partial charge on any atom is -0.481 e. The molecule has 0 rings (SSSR count). The lowest BCUT2D eigenvalue weighted by Gasteiger charge is -2.02. The Hall–Kier alpha value is 0.0500. The topological polar surface area (TPSA) is 37.3 Å². The molecule has 0 radical (unpaired) electrons. The first-order valence-electron chi connectivity index (χ1n) is 3.08. The molecule has 1 unspecified atom stereocenters. The van der Waals surface area contributed by atoms with Crippen molar-refractivity contribution >= 4 is 29.2 Å². The van der Waals surface area contributed by atoms with Gasteiger partial charge in [-0.25, -0.2) is 0 Å². The van der Waals surface area contributed by atoms with E-state index in [1.165, 1.54) is 0 Å². The Bertz CT molecular complexity index is 106. The van der Waals surface area contributed by atoms with Crippen molar-refractivity contribution in [3.63, 3.8) is 0 Å². The molecule has 0 saturated carbocycles. The van der Waals surface area contributed by atoms with E-state index in [0.29, 0.717) is 12.3 Å². The van der Waals surface area contributed by atoms with Crippen molar-refractivity contribution in [2.75, 3.05) is 5.88 Å². The summed E-state index contributed by atoms with van der Waals surface area (Å²) in [5.74, 6) is -0.308. The standard InChI is InChI=1S/C6H10Cl2O2/c7-3-1-2-5(8)4-6(9)10/h5H,1-4H2,(H,9,10). The van der Waals surface area contributed by atoms with E-state index >= 15 is 0 Å². The third kappa shape index (κ3) is 6.17. The maximum atomic E-state index is 10.1. The Labute approximate surface area is 70.1 Å². The van der Waals surface area contributed by atoms with E-state index in [-0.39, 0.29) is 11.8 Å². The lowest BCUT2D eigenvalue weighted by molar-refractivity contribution is -0.137. The number of rotatable bonds is 5. The molecule has 2 nitrogen and oxygen atoms in total. The van der Waals surface area contributed by atoms with Crippen LogP contribution in [0.1, 0.15) is 19.3 Å². The number of carbonyl (C=O) groups is 1. The molecule has 4 heteroatoms. The van der Waals surface area contributed by atoms with E-state index in [1.807, 2.05) is 0 Å². The lowest BCUT2D eigenvalue weighted by atomic mass is 10.2. The zero-order valence-corrected chi connectivity index (χ0v) is 7.03. The van der Waals surface area contributed by atoms with Crippen LogP contribution >= 0.6 is 23.2 Å². The van der Waals surface area contributed by atoms with Crippen molar-refractivity contribution in [2.24, 2.45) is 0 Å². The van der Waals surface area contributed by atoms with Crippen LogP contribution in [0.15, 0.2) is 0 Å². The number of halogens is 2. The van der Waals surface area contributed by atoms with Gasteiger partial charge in [-0.05, 0) is 12.8 Å². The average Bonchev–Trinajstić information content (AvgIpc) is 1.82. The van der Waals surface area contributed by atoms with Crippen LogP contribution in [0.3, 0.4) is 0 Å². The molecule has 0 aliphatic heterocycles. The second-order valence-electron chi connectivity index (χ2n) is 2.03. The molecule has 0 aromatic heterocycles. The quantitative estimate of drug-likeness (QED) is 0.665. The fourth-order valence-electron chi connectivity index (χ4n) is 0.590. The van der Waals surface area contributed by atoms with Gasteiger partial charge in [-0.1, -0.05) is 0 Å². The van der Waals surface area contributed by atoms with Gasteiger partial charge in [0.25, 0.3) is 0 Å². The Morgan fingerprint density at radius 3 is 2.60 bits per heavy atom. The fraction of sp³-hybridized carbons (Fsp3) is 0.833. The van der Waals surface area contributed by atoms with Crippen molar-refractivity contribution in [2.45, 2.75) is 24.6 Å². The average molecular weight is 185 g/mol. The summed E-state index contributed by atoms with van der Waals surface area (Å²) in [7, 11) is 0. The van der Waals surface area contributed by atoms with Crippen LogP contribution in [-0.2, 0) is 4.79 Å². The van der Waals surface area contributed by atoms with E-state index < -0.39 is 5.97 Å². The number of hydrogen-bond acceptors (Lipinski definition) is 1. The minimum absolute atomic E-state index is 0.0262. The molecule has 10 heavy (non-hydrogen) atoms. The van der Waals surface area contributed by atoms with E-state index in [1.54, 1.807) is 0 Å². The van der Waals surface area contributed by atoms with Gasteiger partial charge >= 0.3 is 5.97 Å². The number of aliphatic carboxylic acids is 1. The number of hydrogen-bond donors (Lipinski definition) is 1. The van der Waals surface area contributed by atoms with Gasteiger partial charge in [-0.15, -0.1) is 23.2 Å². The van der Waals surface area contributed by atoms with Crippen molar-refractivity contribution in [1.29, 1.82) is 0 Å². The highest BCUT2D eigenvalue weighted by molar-refractivity contribution is 6.21. The summed E-state index contributed by atoms with van der Waals surface area (Å²) in [4.78, 5) is 10.1. The molecule has 1 atom stereocenters. The summed E-state index contributed by atoms with van der Waals surface area (Å²) in [5.41, 5.74) is 0. The molecule has 0 aliphatic carbocycles. The molecule has 0 amide bonds. The van der Waals surface area contributed by atoms with Gasteiger partial charge in [-0.3, -0.25) is 4.79 Å². The van der Waals surface area contributed by atoms with Crippen LogP contribution in [0.4, 0.5) is 0 Å². The number of alkyl halides is 2. The van der Waals surface area contributed by atoms with Crippen molar-refractivity contribution in [3.8, 4) is 0 Å². The van der Waals surface area contributed by atoms with Crippen LogP contribution in [0.5, 0.6) is 0 Å². The SMILES string of the molecule is O=C(O)CC(Cl)CCCCl. The Balaban J connectivity index is 3.25. The molecule has 0 aliphatic rings. The molecule has 0 saturated heterocycles. The van der Waals surface area contributed by atoms with Crippen molar-refractivity contribution < 1.29 is 9.90 Å². The largest absolute Gasteiger partial charge is 0.481 e. The van der Waals surface area contributed by atoms with E-state index in [0.717, 1.165) is 6.42 Å². The summed E-state index contributed by atoms with van der Waals surface area (Å²) in [5, 5.41) is 8.00.